The first kappa shape index (κ1) is 14.3. The van der Waals surface area contributed by atoms with Gasteiger partial charge in [-0.3, -0.25) is 4.79 Å². The molecule has 0 aliphatic carbocycles. The average molecular weight is 279 g/mol. The lowest BCUT2D eigenvalue weighted by Gasteiger charge is -2.38. The maximum absolute atomic E-state index is 12.8. The van der Waals surface area contributed by atoms with Crippen LogP contribution in [0.4, 0.5) is 4.39 Å². The van der Waals surface area contributed by atoms with Gasteiger partial charge in [0.2, 0.25) is 0 Å². The number of nitrogens with two attached hydrogens (primary N) is 1. The molecule has 1 amide bonds. The number of amides is 1. The van der Waals surface area contributed by atoms with Gasteiger partial charge in [-0.2, -0.15) is 0 Å². The number of piperidine rings is 1. The maximum atomic E-state index is 12.8. The molecule has 0 spiro atoms. The lowest BCUT2D eigenvalue weighted by atomic mass is 9.79. The van der Waals surface area contributed by atoms with Crippen LogP contribution in [0, 0.1) is 11.2 Å². The summed E-state index contributed by atoms with van der Waals surface area (Å²) in [6, 6.07) is 5.51. The third-order valence-corrected chi connectivity index (χ3v) is 3.97. The summed E-state index contributed by atoms with van der Waals surface area (Å²) in [7, 11) is 0. The summed E-state index contributed by atoms with van der Waals surface area (Å²) in [5.74, 6) is -0.280. The van der Waals surface area contributed by atoms with E-state index in [0.717, 1.165) is 0 Å². The van der Waals surface area contributed by atoms with Crippen LogP contribution >= 0.6 is 0 Å². The van der Waals surface area contributed by atoms with E-state index >= 15 is 0 Å². The Balaban J connectivity index is 2.04. The van der Waals surface area contributed by atoms with Gasteiger partial charge in [-0.15, -0.1) is 0 Å². The van der Waals surface area contributed by atoms with E-state index in [1.165, 1.54) is 24.3 Å². The van der Waals surface area contributed by atoms with Gasteiger partial charge in [-0.1, -0.05) is 12.1 Å². The average Bonchev–Trinajstić information content (AvgIpc) is 2.47. The molecule has 2 rings (SSSR count). The standard InChI is InChI=1S/C14H18FN3O2/c1-14(13(16)17-20)6-8-18(9-7-14)12(19)10-2-4-11(15)5-3-10/h2-5,20H,6-9H2,1H3,(H2,16,17). The summed E-state index contributed by atoms with van der Waals surface area (Å²) >= 11 is 0. The number of oxime groups is 1. The molecule has 0 atom stereocenters. The molecule has 6 heteroatoms. The molecule has 1 saturated heterocycles. The number of benzene rings is 1. The van der Waals surface area contributed by atoms with Gasteiger partial charge in [0.1, 0.15) is 11.7 Å². The molecular weight excluding hydrogens is 261 g/mol. The Kier molecular flexibility index (Phi) is 3.92. The zero-order valence-corrected chi connectivity index (χ0v) is 11.3. The van der Waals surface area contributed by atoms with E-state index in [4.69, 9.17) is 10.9 Å². The Hall–Kier alpha value is -2.11. The molecule has 0 bridgehead atoms. The normalized spacial score (nSPS) is 18.9. The molecule has 1 aromatic rings. The van der Waals surface area contributed by atoms with Gasteiger partial charge in [0, 0.05) is 24.1 Å². The van der Waals surface area contributed by atoms with Gasteiger partial charge in [0.25, 0.3) is 5.91 Å². The summed E-state index contributed by atoms with van der Waals surface area (Å²) in [6.45, 7) is 2.98. The smallest absolute Gasteiger partial charge is 0.253 e. The van der Waals surface area contributed by atoms with Crippen molar-refractivity contribution in [1.29, 1.82) is 0 Å². The predicted molar refractivity (Wildman–Crippen MR) is 73.1 cm³/mol. The molecule has 0 radical (unpaired) electrons. The summed E-state index contributed by atoms with van der Waals surface area (Å²) in [4.78, 5) is 14.0. The molecule has 0 aromatic heterocycles. The van der Waals surface area contributed by atoms with Gasteiger partial charge in [-0.25, -0.2) is 4.39 Å². The molecule has 3 N–H and O–H groups in total. The van der Waals surface area contributed by atoms with E-state index in [9.17, 15) is 9.18 Å². The first-order valence-corrected chi connectivity index (χ1v) is 6.49. The minimum Gasteiger partial charge on any atom is -0.409 e. The highest BCUT2D eigenvalue weighted by atomic mass is 19.1. The van der Waals surface area contributed by atoms with Crippen LogP contribution in [0.25, 0.3) is 0 Å². The maximum Gasteiger partial charge on any atom is 0.253 e. The van der Waals surface area contributed by atoms with E-state index in [-0.39, 0.29) is 23.0 Å². The first-order chi connectivity index (χ1) is 9.46. The van der Waals surface area contributed by atoms with Crippen LogP contribution in [0.1, 0.15) is 30.1 Å². The molecule has 1 aliphatic heterocycles. The fourth-order valence-electron chi connectivity index (χ4n) is 2.36. The Morgan fingerprint density at radius 1 is 1.35 bits per heavy atom. The SMILES string of the molecule is CC1(/C(N)=N/O)CCN(C(=O)c2ccc(F)cc2)CC1. The largest absolute Gasteiger partial charge is 0.409 e. The van der Waals surface area contributed by atoms with E-state index in [1.54, 1.807) is 4.90 Å². The molecule has 5 nitrogen and oxygen atoms in total. The molecule has 108 valence electrons. The third kappa shape index (κ3) is 2.74. The number of hydrogen-bond acceptors (Lipinski definition) is 3. The number of likely N-dealkylation sites (tertiary alicyclic amines) is 1. The Morgan fingerprint density at radius 3 is 2.40 bits per heavy atom. The van der Waals surface area contributed by atoms with Crippen LogP contribution < -0.4 is 5.73 Å². The van der Waals surface area contributed by atoms with Gasteiger partial charge in [0.05, 0.1) is 0 Å². The number of halogens is 1. The van der Waals surface area contributed by atoms with Gasteiger partial charge in [-0.05, 0) is 37.1 Å². The molecule has 1 fully saturated rings. The Morgan fingerprint density at radius 2 is 1.90 bits per heavy atom. The molecular formula is C14H18FN3O2. The second-order valence-corrected chi connectivity index (χ2v) is 5.34. The summed E-state index contributed by atoms with van der Waals surface area (Å²) in [5.41, 5.74) is 5.78. The molecule has 1 aliphatic rings. The lowest BCUT2D eigenvalue weighted by molar-refractivity contribution is 0.0666. The van der Waals surface area contributed by atoms with Crippen LogP contribution in [0.15, 0.2) is 29.4 Å². The van der Waals surface area contributed by atoms with Crippen molar-refractivity contribution in [2.24, 2.45) is 16.3 Å². The molecule has 1 aromatic carbocycles. The van der Waals surface area contributed by atoms with Crippen molar-refractivity contribution in [2.75, 3.05) is 13.1 Å². The number of rotatable bonds is 2. The highest BCUT2D eigenvalue weighted by Crippen LogP contribution is 2.31. The van der Waals surface area contributed by atoms with E-state index in [2.05, 4.69) is 5.16 Å². The van der Waals surface area contributed by atoms with Crippen LogP contribution in [0.5, 0.6) is 0 Å². The second-order valence-electron chi connectivity index (χ2n) is 5.34. The van der Waals surface area contributed by atoms with Gasteiger partial charge in [0.15, 0.2) is 0 Å². The number of amidine groups is 1. The summed E-state index contributed by atoms with van der Waals surface area (Å²) < 4.78 is 12.8. The fourth-order valence-corrected chi connectivity index (χ4v) is 2.36. The first-order valence-electron chi connectivity index (χ1n) is 6.49. The highest BCUT2D eigenvalue weighted by Gasteiger charge is 2.35. The molecule has 1 heterocycles. The van der Waals surface area contributed by atoms with Crippen molar-refractivity contribution < 1.29 is 14.4 Å². The van der Waals surface area contributed by atoms with E-state index < -0.39 is 0 Å². The van der Waals surface area contributed by atoms with E-state index in [0.29, 0.717) is 31.5 Å². The minimum atomic E-state index is -0.381. The van der Waals surface area contributed by atoms with Crippen molar-refractivity contribution in [1.82, 2.24) is 4.90 Å². The second kappa shape index (κ2) is 5.48. The number of carbonyl (C=O) groups excluding carboxylic acids is 1. The summed E-state index contributed by atoms with van der Waals surface area (Å²) in [6.07, 6.45) is 1.27. The van der Waals surface area contributed by atoms with Crippen molar-refractivity contribution in [3.63, 3.8) is 0 Å². The predicted octanol–water partition coefficient (Wildman–Crippen LogP) is 1.81. The molecule has 0 unspecified atom stereocenters. The number of nitrogens with zero attached hydrogens (tertiary/aromatic N) is 2. The number of hydrogen-bond donors (Lipinski definition) is 2. The van der Waals surface area contributed by atoms with Crippen molar-refractivity contribution in [2.45, 2.75) is 19.8 Å². The highest BCUT2D eigenvalue weighted by molar-refractivity contribution is 5.94. The van der Waals surface area contributed by atoms with Gasteiger partial charge < -0.3 is 15.8 Å². The van der Waals surface area contributed by atoms with E-state index in [1.807, 2.05) is 6.92 Å². The van der Waals surface area contributed by atoms with Crippen LogP contribution in [0.2, 0.25) is 0 Å². The van der Waals surface area contributed by atoms with Crippen molar-refractivity contribution in [3.05, 3.63) is 35.6 Å². The van der Waals surface area contributed by atoms with Crippen LogP contribution in [0.3, 0.4) is 0 Å². The number of carbonyl (C=O) groups is 1. The van der Waals surface area contributed by atoms with Crippen molar-refractivity contribution in [3.8, 4) is 0 Å². The van der Waals surface area contributed by atoms with Gasteiger partial charge >= 0.3 is 0 Å². The van der Waals surface area contributed by atoms with Crippen LogP contribution in [-0.2, 0) is 0 Å². The minimum absolute atomic E-state index is 0.119. The zero-order chi connectivity index (χ0) is 14.8. The quantitative estimate of drug-likeness (QED) is 0.375. The fraction of sp³-hybridized carbons (Fsp3) is 0.429. The topological polar surface area (TPSA) is 78.9 Å². The Bertz CT molecular complexity index is 520. The Labute approximate surface area is 116 Å². The van der Waals surface area contributed by atoms with Crippen LogP contribution in [-0.4, -0.2) is 34.9 Å². The summed E-state index contributed by atoms with van der Waals surface area (Å²) in [5, 5.41) is 11.8. The third-order valence-electron chi connectivity index (χ3n) is 3.97. The molecule has 20 heavy (non-hydrogen) atoms. The monoisotopic (exact) mass is 279 g/mol. The molecule has 0 saturated carbocycles. The zero-order valence-electron chi connectivity index (χ0n) is 11.3. The lowest BCUT2D eigenvalue weighted by Crippen LogP contribution is -2.47. The van der Waals surface area contributed by atoms with Crippen molar-refractivity contribution >= 4 is 11.7 Å².